The quantitative estimate of drug-likeness (QED) is 0.843. The molecule has 1 N–H and O–H groups in total. The molecule has 1 saturated heterocycles. The highest BCUT2D eigenvalue weighted by Gasteiger charge is 2.46. The fourth-order valence-electron chi connectivity index (χ4n) is 3.16. The van der Waals surface area contributed by atoms with E-state index in [1.807, 2.05) is 0 Å². The largest absolute Gasteiger partial charge is 0.316 e. The maximum atomic E-state index is 11.9. The van der Waals surface area contributed by atoms with E-state index >= 15 is 0 Å². The van der Waals surface area contributed by atoms with Gasteiger partial charge in [0, 0.05) is 20.6 Å². The van der Waals surface area contributed by atoms with E-state index < -0.39 is 10.0 Å². The average Bonchev–Trinajstić information content (AvgIpc) is 2.79. The van der Waals surface area contributed by atoms with Crippen molar-refractivity contribution in [2.45, 2.75) is 25.7 Å². The maximum Gasteiger partial charge on any atom is 0.213 e. The van der Waals surface area contributed by atoms with E-state index in [9.17, 15) is 8.42 Å². The van der Waals surface area contributed by atoms with Gasteiger partial charge in [-0.3, -0.25) is 0 Å². The van der Waals surface area contributed by atoms with Crippen LogP contribution in [0.25, 0.3) is 0 Å². The van der Waals surface area contributed by atoms with Gasteiger partial charge in [-0.2, -0.15) is 0 Å². The van der Waals surface area contributed by atoms with Crippen LogP contribution in [0.5, 0.6) is 0 Å². The molecule has 0 radical (unpaired) electrons. The maximum absolute atomic E-state index is 11.9. The molecule has 1 unspecified atom stereocenters. The molecule has 17 heavy (non-hydrogen) atoms. The summed E-state index contributed by atoms with van der Waals surface area (Å²) in [5.41, 5.74) is 0.281. The Labute approximate surface area is 111 Å². The van der Waals surface area contributed by atoms with E-state index in [-0.39, 0.29) is 17.8 Å². The predicted octanol–water partition coefficient (Wildman–Crippen LogP) is 1.08. The Morgan fingerprint density at radius 3 is 2.41 bits per heavy atom. The monoisotopic (exact) mass is 282 g/mol. The van der Waals surface area contributed by atoms with Gasteiger partial charge in [0.15, 0.2) is 0 Å². The van der Waals surface area contributed by atoms with E-state index in [0.29, 0.717) is 11.7 Å². The molecule has 0 aromatic carbocycles. The van der Waals surface area contributed by atoms with Crippen LogP contribution in [0.4, 0.5) is 0 Å². The van der Waals surface area contributed by atoms with Gasteiger partial charge in [0.25, 0.3) is 0 Å². The van der Waals surface area contributed by atoms with Crippen LogP contribution in [-0.4, -0.2) is 45.7 Å². The summed E-state index contributed by atoms with van der Waals surface area (Å²) in [5, 5.41) is 3.38. The second-order valence-electron chi connectivity index (χ2n) is 5.46. The Hall–Kier alpha value is 0.160. The predicted molar refractivity (Wildman–Crippen MR) is 72.0 cm³/mol. The van der Waals surface area contributed by atoms with Crippen molar-refractivity contribution in [1.29, 1.82) is 0 Å². The van der Waals surface area contributed by atoms with E-state index in [1.54, 1.807) is 14.1 Å². The second-order valence-corrected chi connectivity index (χ2v) is 7.69. The highest BCUT2D eigenvalue weighted by molar-refractivity contribution is 7.89. The summed E-state index contributed by atoms with van der Waals surface area (Å²) >= 11 is 0. The van der Waals surface area contributed by atoms with Gasteiger partial charge in [0.05, 0.1) is 5.75 Å². The number of hydrogen-bond donors (Lipinski definition) is 1. The number of hydrogen-bond acceptors (Lipinski definition) is 3. The van der Waals surface area contributed by atoms with Crippen molar-refractivity contribution in [2.24, 2.45) is 11.3 Å². The number of nitrogens with zero attached hydrogens (tertiary/aromatic N) is 1. The fraction of sp³-hybridized carbons (Fsp3) is 1.00. The standard InChI is InChI=1S/C11H22N2O2S.ClH/c1-13(2)16(14,15)8-10-7-12-9-11(10)5-3-4-6-11;/h10,12H,3-9H2,1-2H3;1H. The van der Waals surface area contributed by atoms with Crippen LogP contribution in [0.1, 0.15) is 25.7 Å². The molecule has 2 rings (SSSR count). The van der Waals surface area contributed by atoms with E-state index in [1.165, 1.54) is 30.0 Å². The molecule has 2 fully saturated rings. The lowest BCUT2D eigenvalue weighted by Crippen LogP contribution is -2.36. The molecule has 1 atom stereocenters. The zero-order valence-electron chi connectivity index (χ0n) is 10.6. The SMILES string of the molecule is CN(C)S(=O)(=O)CC1CNCC12CCCC2.Cl. The molecule has 0 aromatic rings. The van der Waals surface area contributed by atoms with Crippen molar-refractivity contribution in [3.8, 4) is 0 Å². The molecular weight excluding hydrogens is 260 g/mol. The lowest BCUT2D eigenvalue weighted by molar-refractivity contribution is 0.251. The zero-order chi connectivity index (χ0) is 11.8. The Balaban J connectivity index is 0.00000144. The minimum atomic E-state index is -3.05. The van der Waals surface area contributed by atoms with E-state index in [0.717, 1.165) is 13.1 Å². The Morgan fingerprint density at radius 2 is 1.88 bits per heavy atom. The Bertz CT molecular complexity index is 345. The van der Waals surface area contributed by atoms with Crippen LogP contribution in [0.15, 0.2) is 0 Å². The van der Waals surface area contributed by atoms with Crippen molar-refractivity contribution in [3.05, 3.63) is 0 Å². The summed E-state index contributed by atoms with van der Waals surface area (Å²) in [4.78, 5) is 0. The highest BCUT2D eigenvalue weighted by Crippen LogP contribution is 2.46. The number of rotatable bonds is 3. The molecule has 0 amide bonds. The molecule has 1 heterocycles. The summed E-state index contributed by atoms with van der Waals surface area (Å²) in [7, 11) is 0.196. The first-order valence-electron chi connectivity index (χ1n) is 6.07. The summed E-state index contributed by atoms with van der Waals surface area (Å²) in [6.45, 7) is 1.88. The molecule has 4 nitrogen and oxygen atoms in total. The average molecular weight is 283 g/mol. The zero-order valence-corrected chi connectivity index (χ0v) is 12.2. The van der Waals surface area contributed by atoms with Gasteiger partial charge < -0.3 is 5.32 Å². The van der Waals surface area contributed by atoms with Crippen LogP contribution in [0.3, 0.4) is 0 Å². The molecular formula is C11H23ClN2O2S. The first kappa shape index (κ1) is 15.2. The number of sulfonamides is 1. The molecule has 102 valence electrons. The van der Waals surface area contributed by atoms with Crippen molar-refractivity contribution in [3.63, 3.8) is 0 Å². The van der Waals surface area contributed by atoms with Gasteiger partial charge in [-0.15, -0.1) is 12.4 Å². The summed E-state index contributed by atoms with van der Waals surface area (Å²) in [5.74, 6) is 0.620. The minimum Gasteiger partial charge on any atom is -0.316 e. The first-order valence-corrected chi connectivity index (χ1v) is 7.68. The van der Waals surface area contributed by atoms with Crippen LogP contribution < -0.4 is 5.32 Å². The van der Waals surface area contributed by atoms with Crippen molar-refractivity contribution >= 4 is 22.4 Å². The van der Waals surface area contributed by atoms with E-state index in [2.05, 4.69) is 5.32 Å². The lowest BCUT2D eigenvalue weighted by Gasteiger charge is -2.30. The molecule has 0 aromatic heterocycles. The first-order chi connectivity index (χ1) is 7.46. The van der Waals surface area contributed by atoms with Crippen molar-refractivity contribution in [1.82, 2.24) is 9.62 Å². The summed E-state index contributed by atoms with van der Waals surface area (Å²) in [6, 6.07) is 0. The van der Waals surface area contributed by atoms with Gasteiger partial charge in [-0.05, 0) is 30.7 Å². The van der Waals surface area contributed by atoms with Crippen LogP contribution in [0, 0.1) is 11.3 Å². The summed E-state index contributed by atoms with van der Waals surface area (Å²) < 4.78 is 25.2. The topological polar surface area (TPSA) is 49.4 Å². The third-order valence-corrected chi connectivity index (χ3v) is 6.24. The fourth-order valence-corrected chi connectivity index (χ4v) is 4.44. The molecule has 1 saturated carbocycles. The molecule has 1 aliphatic heterocycles. The van der Waals surface area contributed by atoms with Crippen LogP contribution in [-0.2, 0) is 10.0 Å². The molecule has 6 heteroatoms. The highest BCUT2D eigenvalue weighted by atomic mass is 35.5. The van der Waals surface area contributed by atoms with Crippen molar-refractivity contribution < 1.29 is 8.42 Å². The summed E-state index contributed by atoms with van der Waals surface area (Å²) in [6.07, 6.45) is 4.93. The molecule has 0 bridgehead atoms. The van der Waals surface area contributed by atoms with Gasteiger partial charge in [-0.1, -0.05) is 12.8 Å². The Kier molecular flexibility index (Phi) is 4.86. The van der Waals surface area contributed by atoms with E-state index in [4.69, 9.17) is 0 Å². The minimum absolute atomic E-state index is 0. The van der Waals surface area contributed by atoms with Gasteiger partial charge in [0.1, 0.15) is 0 Å². The number of nitrogens with one attached hydrogen (secondary N) is 1. The van der Waals surface area contributed by atoms with Gasteiger partial charge in [-0.25, -0.2) is 12.7 Å². The normalized spacial score (nSPS) is 27.6. The molecule has 1 aliphatic carbocycles. The van der Waals surface area contributed by atoms with Gasteiger partial charge >= 0.3 is 0 Å². The smallest absolute Gasteiger partial charge is 0.213 e. The number of halogens is 1. The van der Waals surface area contributed by atoms with Crippen LogP contribution >= 0.6 is 12.4 Å². The third kappa shape index (κ3) is 2.95. The second kappa shape index (κ2) is 5.43. The lowest BCUT2D eigenvalue weighted by atomic mass is 9.77. The third-order valence-electron chi connectivity index (χ3n) is 4.30. The Morgan fingerprint density at radius 1 is 1.29 bits per heavy atom. The molecule has 1 spiro atoms. The van der Waals surface area contributed by atoms with Gasteiger partial charge in [0.2, 0.25) is 10.0 Å². The van der Waals surface area contributed by atoms with Crippen molar-refractivity contribution in [2.75, 3.05) is 32.9 Å². The van der Waals surface area contributed by atoms with Crippen LogP contribution in [0.2, 0.25) is 0 Å². The molecule has 2 aliphatic rings.